The van der Waals surface area contributed by atoms with Gasteiger partial charge < -0.3 is 15.2 Å². The molecule has 18 heavy (non-hydrogen) atoms. The normalized spacial score (nSPS) is 16.6. The second-order valence-corrected chi connectivity index (χ2v) is 5.02. The summed E-state index contributed by atoms with van der Waals surface area (Å²) >= 11 is 5.65. The molecule has 1 aromatic carbocycles. The number of ether oxygens (including phenoxy) is 1. The Kier molecular flexibility index (Phi) is 4.80. The fraction of sp³-hybridized carbons (Fsp3) is 0.538. The smallest absolute Gasteiger partial charge is 0.164 e. The lowest BCUT2D eigenvalue weighted by atomic mass is 10.3. The van der Waals surface area contributed by atoms with E-state index in [2.05, 4.69) is 5.32 Å². The molecule has 0 spiro atoms. The van der Waals surface area contributed by atoms with Crippen LogP contribution in [0, 0.1) is 11.7 Å². The molecule has 1 aliphatic rings. The summed E-state index contributed by atoms with van der Waals surface area (Å²) < 4.78 is 18.9. The van der Waals surface area contributed by atoms with Crippen molar-refractivity contribution in [1.29, 1.82) is 0 Å². The number of anilines is 1. The lowest BCUT2D eigenvalue weighted by Gasteiger charge is -2.13. The van der Waals surface area contributed by atoms with Crippen LogP contribution in [0.5, 0.6) is 0 Å². The topological polar surface area (TPSA) is 41.5 Å². The van der Waals surface area contributed by atoms with Crippen LogP contribution in [-0.4, -0.2) is 31.0 Å². The van der Waals surface area contributed by atoms with E-state index in [1.165, 1.54) is 18.9 Å². The third-order valence-electron chi connectivity index (χ3n) is 2.84. The minimum absolute atomic E-state index is 0.0690. The van der Waals surface area contributed by atoms with Crippen molar-refractivity contribution >= 4 is 17.3 Å². The van der Waals surface area contributed by atoms with Crippen molar-refractivity contribution in [2.24, 2.45) is 5.92 Å². The summed E-state index contributed by atoms with van der Waals surface area (Å²) in [7, 11) is 0. The van der Waals surface area contributed by atoms with Crippen molar-refractivity contribution in [2.75, 3.05) is 25.1 Å². The van der Waals surface area contributed by atoms with E-state index in [9.17, 15) is 9.50 Å². The Labute approximate surface area is 111 Å². The van der Waals surface area contributed by atoms with Gasteiger partial charge in [0, 0.05) is 13.2 Å². The minimum Gasteiger partial charge on any atom is -0.389 e. The molecule has 0 aromatic heterocycles. The number of hydrogen-bond acceptors (Lipinski definition) is 3. The van der Waals surface area contributed by atoms with Crippen LogP contribution in [0.25, 0.3) is 0 Å². The first-order chi connectivity index (χ1) is 8.66. The first-order valence-electron chi connectivity index (χ1n) is 6.10. The second-order valence-electron chi connectivity index (χ2n) is 4.62. The molecule has 0 heterocycles. The van der Waals surface area contributed by atoms with Crippen molar-refractivity contribution in [2.45, 2.75) is 18.9 Å². The summed E-state index contributed by atoms with van der Waals surface area (Å²) in [5.74, 6) is 0.181. The monoisotopic (exact) mass is 273 g/mol. The lowest BCUT2D eigenvalue weighted by Crippen LogP contribution is -2.25. The highest BCUT2D eigenvalue weighted by Gasteiger charge is 2.21. The van der Waals surface area contributed by atoms with E-state index in [-0.39, 0.29) is 18.2 Å². The highest BCUT2D eigenvalue weighted by Crippen LogP contribution is 2.28. The van der Waals surface area contributed by atoms with Gasteiger partial charge in [0.2, 0.25) is 0 Å². The molecule has 0 saturated heterocycles. The van der Waals surface area contributed by atoms with Gasteiger partial charge in [0.25, 0.3) is 0 Å². The molecule has 2 rings (SSSR count). The van der Waals surface area contributed by atoms with Gasteiger partial charge in [-0.2, -0.15) is 0 Å². The Balaban J connectivity index is 1.70. The molecule has 2 N–H and O–H groups in total. The van der Waals surface area contributed by atoms with Gasteiger partial charge in [-0.15, -0.1) is 0 Å². The SMILES string of the molecule is OC(CNc1cccc(Cl)c1F)COCC1CC1. The van der Waals surface area contributed by atoms with Gasteiger partial charge in [-0.05, 0) is 30.9 Å². The van der Waals surface area contributed by atoms with Gasteiger partial charge in [0.05, 0.1) is 23.4 Å². The molecule has 1 saturated carbocycles. The molecule has 1 fully saturated rings. The van der Waals surface area contributed by atoms with Crippen LogP contribution < -0.4 is 5.32 Å². The largest absolute Gasteiger partial charge is 0.389 e. The summed E-state index contributed by atoms with van der Waals surface area (Å²) in [5.41, 5.74) is 0.295. The summed E-state index contributed by atoms with van der Waals surface area (Å²) in [4.78, 5) is 0. The Bertz CT molecular complexity index is 399. The van der Waals surface area contributed by atoms with Crippen molar-refractivity contribution in [3.05, 3.63) is 29.0 Å². The molecule has 3 nitrogen and oxygen atoms in total. The average molecular weight is 274 g/mol. The molecule has 1 unspecified atom stereocenters. The van der Waals surface area contributed by atoms with Crippen LogP contribution >= 0.6 is 11.6 Å². The zero-order chi connectivity index (χ0) is 13.0. The fourth-order valence-electron chi connectivity index (χ4n) is 1.58. The molecule has 1 atom stereocenters. The van der Waals surface area contributed by atoms with E-state index in [0.29, 0.717) is 18.2 Å². The van der Waals surface area contributed by atoms with E-state index < -0.39 is 11.9 Å². The maximum absolute atomic E-state index is 13.5. The van der Waals surface area contributed by atoms with Gasteiger partial charge in [-0.1, -0.05) is 17.7 Å². The summed E-state index contributed by atoms with van der Waals surface area (Å²) in [5, 5.41) is 12.5. The summed E-state index contributed by atoms with van der Waals surface area (Å²) in [6.45, 7) is 1.22. The Morgan fingerprint density at radius 3 is 3.00 bits per heavy atom. The van der Waals surface area contributed by atoms with Crippen molar-refractivity contribution < 1.29 is 14.2 Å². The van der Waals surface area contributed by atoms with E-state index in [1.807, 2.05) is 0 Å². The van der Waals surface area contributed by atoms with Gasteiger partial charge in [0.15, 0.2) is 5.82 Å². The molecule has 0 radical (unpaired) electrons. The molecule has 1 aromatic rings. The molecule has 0 bridgehead atoms. The van der Waals surface area contributed by atoms with Gasteiger partial charge >= 0.3 is 0 Å². The minimum atomic E-state index is -0.651. The van der Waals surface area contributed by atoms with Gasteiger partial charge in [-0.3, -0.25) is 0 Å². The summed E-state index contributed by atoms with van der Waals surface area (Å²) in [6.07, 6.45) is 1.80. The third kappa shape index (κ3) is 4.12. The average Bonchev–Trinajstić information content (AvgIpc) is 3.15. The van der Waals surface area contributed by atoms with Gasteiger partial charge in [-0.25, -0.2) is 4.39 Å². The van der Waals surface area contributed by atoms with E-state index >= 15 is 0 Å². The van der Waals surface area contributed by atoms with Crippen LogP contribution in [0.1, 0.15) is 12.8 Å². The number of halogens is 2. The van der Waals surface area contributed by atoms with Crippen LogP contribution in [0.15, 0.2) is 18.2 Å². The van der Waals surface area contributed by atoms with Gasteiger partial charge in [0.1, 0.15) is 0 Å². The van der Waals surface area contributed by atoms with E-state index in [4.69, 9.17) is 16.3 Å². The Morgan fingerprint density at radius 1 is 1.50 bits per heavy atom. The second kappa shape index (κ2) is 6.36. The van der Waals surface area contributed by atoms with Crippen molar-refractivity contribution in [3.8, 4) is 0 Å². The van der Waals surface area contributed by atoms with Crippen LogP contribution in [-0.2, 0) is 4.74 Å². The number of aliphatic hydroxyl groups excluding tert-OH is 1. The van der Waals surface area contributed by atoms with Crippen molar-refractivity contribution in [1.82, 2.24) is 0 Å². The Hall–Kier alpha value is -0.840. The molecule has 0 aliphatic heterocycles. The predicted molar refractivity (Wildman–Crippen MR) is 69.4 cm³/mol. The highest BCUT2D eigenvalue weighted by molar-refractivity contribution is 6.31. The maximum atomic E-state index is 13.5. The van der Waals surface area contributed by atoms with Crippen molar-refractivity contribution in [3.63, 3.8) is 0 Å². The predicted octanol–water partition coefficient (Wildman–Crippen LogP) is 2.68. The summed E-state index contributed by atoms with van der Waals surface area (Å²) in [6, 6.07) is 4.72. The van der Waals surface area contributed by atoms with Crippen LogP contribution in [0.3, 0.4) is 0 Å². The number of nitrogens with one attached hydrogen (secondary N) is 1. The number of rotatable bonds is 7. The number of benzene rings is 1. The molecular weight excluding hydrogens is 257 g/mol. The first-order valence-corrected chi connectivity index (χ1v) is 6.48. The number of hydrogen-bond donors (Lipinski definition) is 2. The first kappa shape index (κ1) is 13.6. The molecule has 5 heteroatoms. The third-order valence-corrected chi connectivity index (χ3v) is 3.13. The highest BCUT2D eigenvalue weighted by atomic mass is 35.5. The quantitative estimate of drug-likeness (QED) is 0.803. The molecule has 0 amide bonds. The molecular formula is C13H17ClFNO2. The lowest BCUT2D eigenvalue weighted by molar-refractivity contribution is 0.0386. The fourth-order valence-corrected chi connectivity index (χ4v) is 1.76. The van der Waals surface area contributed by atoms with E-state index in [0.717, 1.165) is 0 Å². The zero-order valence-electron chi connectivity index (χ0n) is 10.0. The standard InChI is InChI=1S/C13H17ClFNO2/c14-11-2-1-3-12(13(11)15)16-6-10(17)8-18-7-9-4-5-9/h1-3,9-10,16-17H,4-8H2. The van der Waals surface area contributed by atoms with Crippen LogP contribution in [0.2, 0.25) is 5.02 Å². The zero-order valence-corrected chi connectivity index (χ0v) is 10.8. The molecule has 100 valence electrons. The maximum Gasteiger partial charge on any atom is 0.164 e. The number of aliphatic hydroxyl groups is 1. The molecule has 1 aliphatic carbocycles. The van der Waals surface area contributed by atoms with E-state index in [1.54, 1.807) is 12.1 Å². The van der Waals surface area contributed by atoms with Crippen LogP contribution in [0.4, 0.5) is 10.1 Å². The Morgan fingerprint density at radius 2 is 2.28 bits per heavy atom.